The first-order valence-corrected chi connectivity index (χ1v) is 9.70. The number of nitrogen functional groups attached to an aromatic ring is 1. The van der Waals surface area contributed by atoms with Gasteiger partial charge in [-0.2, -0.15) is 31.4 Å². The smallest absolute Gasteiger partial charge is 0.399 e. The lowest BCUT2D eigenvalue weighted by molar-refractivity contribution is -0.144. The van der Waals surface area contributed by atoms with Gasteiger partial charge < -0.3 is 11.1 Å². The molecule has 0 radical (unpaired) electrons. The molecule has 1 atom stereocenters. The van der Waals surface area contributed by atoms with E-state index in [1.54, 1.807) is 32.0 Å². The predicted octanol–water partition coefficient (Wildman–Crippen LogP) is 5.98. The number of anilines is 2. The van der Waals surface area contributed by atoms with Crippen LogP contribution in [0.25, 0.3) is 0 Å². The van der Waals surface area contributed by atoms with Crippen LogP contribution in [0.2, 0.25) is 0 Å². The number of aryl methyl sites for hydroxylation is 2. The Kier molecular flexibility index (Phi) is 6.18. The van der Waals surface area contributed by atoms with Gasteiger partial charge >= 0.3 is 12.4 Å². The minimum Gasteiger partial charge on any atom is -0.399 e. The van der Waals surface area contributed by atoms with Crippen molar-refractivity contribution in [1.82, 2.24) is 9.78 Å². The molecular weight excluding hydrogens is 450 g/mol. The molecular formula is C22H20F6N4O. The molecule has 0 fully saturated rings. The van der Waals surface area contributed by atoms with Crippen LogP contribution in [0.5, 0.6) is 0 Å². The monoisotopic (exact) mass is 470 g/mol. The summed E-state index contributed by atoms with van der Waals surface area (Å²) in [5.74, 6) is -0.435. The largest absolute Gasteiger partial charge is 0.435 e. The van der Waals surface area contributed by atoms with E-state index in [0.717, 1.165) is 0 Å². The van der Waals surface area contributed by atoms with Gasteiger partial charge in [0.1, 0.15) is 5.69 Å². The Labute approximate surface area is 185 Å². The molecule has 3 aromatic rings. The molecule has 0 aliphatic heterocycles. The van der Waals surface area contributed by atoms with Gasteiger partial charge in [0.25, 0.3) is 5.91 Å². The summed E-state index contributed by atoms with van der Waals surface area (Å²) < 4.78 is 79.5. The molecule has 0 saturated heterocycles. The average Bonchev–Trinajstić information content (AvgIpc) is 3.16. The van der Waals surface area contributed by atoms with Crippen molar-refractivity contribution >= 4 is 17.3 Å². The van der Waals surface area contributed by atoms with Gasteiger partial charge in [-0.25, -0.2) is 0 Å². The first-order chi connectivity index (χ1) is 15.2. The number of carbonyl (C=O) groups is 1. The van der Waals surface area contributed by atoms with Gasteiger partial charge in [-0.05, 0) is 55.7 Å². The van der Waals surface area contributed by atoms with Crippen molar-refractivity contribution in [2.75, 3.05) is 11.1 Å². The summed E-state index contributed by atoms with van der Waals surface area (Å²) >= 11 is 0. The number of aromatic nitrogens is 2. The van der Waals surface area contributed by atoms with Crippen LogP contribution in [-0.2, 0) is 12.4 Å². The lowest BCUT2D eigenvalue weighted by Gasteiger charge is -2.20. The van der Waals surface area contributed by atoms with E-state index >= 15 is 0 Å². The molecule has 0 aliphatic carbocycles. The number of hydrogen-bond acceptors (Lipinski definition) is 3. The highest BCUT2D eigenvalue weighted by Gasteiger charge is 2.42. The minimum atomic E-state index is -5.03. The number of benzene rings is 2. The van der Waals surface area contributed by atoms with E-state index in [0.29, 0.717) is 38.3 Å². The van der Waals surface area contributed by atoms with Gasteiger partial charge in [0.05, 0.1) is 6.04 Å². The number of rotatable bonds is 4. The molecule has 0 bridgehead atoms. The molecule has 3 N–H and O–H groups in total. The molecule has 1 heterocycles. The molecule has 2 aromatic carbocycles. The average molecular weight is 470 g/mol. The Morgan fingerprint density at radius 3 is 2.12 bits per heavy atom. The third kappa shape index (κ3) is 5.12. The molecule has 5 nitrogen and oxygen atoms in total. The number of alkyl halides is 6. The Bertz CT molecular complexity index is 1170. The Morgan fingerprint density at radius 2 is 1.61 bits per heavy atom. The third-order valence-corrected chi connectivity index (χ3v) is 5.11. The Morgan fingerprint density at radius 1 is 1.00 bits per heavy atom. The van der Waals surface area contributed by atoms with E-state index in [-0.39, 0.29) is 6.07 Å². The van der Waals surface area contributed by atoms with Crippen molar-refractivity contribution in [2.45, 2.75) is 39.2 Å². The van der Waals surface area contributed by atoms with Crippen molar-refractivity contribution in [3.63, 3.8) is 0 Å². The maximum Gasteiger partial charge on any atom is 0.435 e. The highest BCUT2D eigenvalue weighted by atomic mass is 19.4. The van der Waals surface area contributed by atoms with Crippen LogP contribution in [0.3, 0.4) is 0 Å². The van der Waals surface area contributed by atoms with Crippen LogP contribution in [0.15, 0.2) is 42.5 Å². The number of carbonyl (C=O) groups excluding carboxylic acids is 1. The topological polar surface area (TPSA) is 72.9 Å². The maximum atomic E-state index is 13.4. The van der Waals surface area contributed by atoms with Crippen molar-refractivity contribution in [2.24, 2.45) is 0 Å². The summed E-state index contributed by atoms with van der Waals surface area (Å²) in [5, 5.41) is 5.93. The van der Waals surface area contributed by atoms with Crippen molar-refractivity contribution in [1.29, 1.82) is 0 Å². The summed E-state index contributed by atoms with van der Waals surface area (Å²) in [5.41, 5.74) is 5.06. The van der Waals surface area contributed by atoms with E-state index in [1.807, 2.05) is 0 Å². The summed E-state index contributed by atoms with van der Waals surface area (Å²) in [6.45, 7) is 4.59. The summed E-state index contributed by atoms with van der Waals surface area (Å²) in [7, 11) is 0. The maximum absolute atomic E-state index is 13.4. The molecule has 1 aromatic heterocycles. The van der Waals surface area contributed by atoms with Crippen molar-refractivity contribution in [3.05, 3.63) is 76.1 Å². The molecule has 1 unspecified atom stereocenters. The molecule has 11 heteroatoms. The summed E-state index contributed by atoms with van der Waals surface area (Å²) in [6.07, 6.45) is -10.0. The van der Waals surface area contributed by atoms with Crippen molar-refractivity contribution < 1.29 is 31.1 Å². The summed E-state index contributed by atoms with van der Waals surface area (Å²) in [6, 6.07) is 8.14. The van der Waals surface area contributed by atoms with Gasteiger partial charge in [-0.3, -0.25) is 9.48 Å². The SMILES string of the molecule is Cc1cc(C(C)n2nc(C(F)(F)F)cc2C(F)(F)F)cc(C)c1NC(=O)c1cccc(N)c1. The fourth-order valence-corrected chi connectivity index (χ4v) is 3.48. The third-order valence-electron chi connectivity index (χ3n) is 5.11. The van der Waals surface area contributed by atoms with Crippen LogP contribution < -0.4 is 11.1 Å². The molecule has 176 valence electrons. The second-order valence-electron chi connectivity index (χ2n) is 7.64. The van der Waals surface area contributed by atoms with Gasteiger partial charge in [-0.15, -0.1) is 0 Å². The molecule has 0 spiro atoms. The molecule has 33 heavy (non-hydrogen) atoms. The molecule has 0 aliphatic rings. The second-order valence-corrected chi connectivity index (χ2v) is 7.64. The fraction of sp³-hybridized carbons (Fsp3) is 0.273. The first kappa shape index (κ1) is 24.1. The van der Waals surface area contributed by atoms with Crippen LogP contribution in [0, 0.1) is 13.8 Å². The van der Waals surface area contributed by atoms with Gasteiger partial charge in [0, 0.05) is 23.0 Å². The predicted molar refractivity (Wildman–Crippen MR) is 111 cm³/mol. The Balaban J connectivity index is 1.97. The van der Waals surface area contributed by atoms with Crippen molar-refractivity contribution in [3.8, 4) is 0 Å². The quantitative estimate of drug-likeness (QED) is 0.364. The van der Waals surface area contributed by atoms with E-state index in [2.05, 4.69) is 10.4 Å². The van der Waals surface area contributed by atoms with E-state index in [4.69, 9.17) is 5.73 Å². The standard InChI is InChI=1S/C22H20F6N4O/c1-11-7-15(8-12(2)19(11)30-20(33)14-5-4-6-16(29)9-14)13(3)32-18(22(26,27)28)10-17(31-32)21(23,24)25/h4-10,13H,29H2,1-3H3,(H,30,33). The van der Waals surface area contributed by atoms with Gasteiger partial charge in [0.15, 0.2) is 5.69 Å². The van der Waals surface area contributed by atoms with Crippen LogP contribution in [0.1, 0.15) is 51.4 Å². The number of nitrogens with zero attached hydrogens (tertiary/aromatic N) is 2. The first-order valence-electron chi connectivity index (χ1n) is 9.70. The number of nitrogens with one attached hydrogen (secondary N) is 1. The molecule has 1 amide bonds. The number of hydrogen-bond donors (Lipinski definition) is 2. The Hall–Kier alpha value is -3.50. The summed E-state index contributed by atoms with van der Waals surface area (Å²) in [4.78, 5) is 12.6. The fourth-order valence-electron chi connectivity index (χ4n) is 3.48. The van der Waals surface area contributed by atoms with Gasteiger partial charge in [0.2, 0.25) is 0 Å². The van der Waals surface area contributed by atoms with E-state index < -0.39 is 35.7 Å². The lowest BCUT2D eigenvalue weighted by Crippen LogP contribution is -2.19. The zero-order valence-corrected chi connectivity index (χ0v) is 17.8. The number of halogens is 6. The molecule has 3 rings (SSSR count). The van der Waals surface area contributed by atoms with E-state index in [9.17, 15) is 31.1 Å². The number of nitrogens with two attached hydrogens (primary N) is 1. The lowest BCUT2D eigenvalue weighted by atomic mass is 9.99. The normalized spacial score (nSPS) is 13.1. The van der Waals surface area contributed by atoms with Crippen LogP contribution in [-0.4, -0.2) is 15.7 Å². The van der Waals surface area contributed by atoms with Gasteiger partial charge in [-0.1, -0.05) is 18.2 Å². The highest BCUT2D eigenvalue weighted by Crippen LogP contribution is 2.38. The van der Waals surface area contributed by atoms with E-state index in [1.165, 1.54) is 25.1 Å². The molecule has 0 saturated carbocycles. The second kappa shape index (κ2) is 8.45. The zero-order chi connectivity index (χ0) is 24.7. The number of amides is 1. The highest BCUT2D eigenvalue weighted by molar-refractivity contribution is 6.05. The van der Waals surface area contributed by atoms with Crippen LogP contribution >= 0.6 is 0 Å². The minimum absolute atomic E-state index is 0.00360. The van der Waals surface area contributed by atoms with Crippen LogP contribution in [0.4, 0.5) is 37.7 Å². The zero-order valence-electron chi connectivity index (χ0n) is 17.8.